The van der Waals surface area contributed by atoms with E-state index in [1.54, 1.807) is 19.9 Å². The molecule has 0 aliphatic heterocycles. The second-order valence-corrected chi connectivity index (χ2v) is 8.31. The highest BCUT2D eigenvalue weighted by Gasteiger charge is 2.38. The monoisotopic (exact) mass is 398 g/mol. The van der Waals surface area contributed by atoms with Crippen LogP contribution in [-0.4, -0.2) is 24.7 Å². The van der Waals surface area contributed by atoms with Crippen LogP contribution in [-0.2, 0) is 18.4 Å². The summed E-state index contributed by atoms with van der Waals surface area (Å²) < 4.78 is 24.2. The van der Waals surface area contributed by atoms with E-state index in [4.69, 9.17) is 9.05 Å². The fourth-order valence-corrected chi connectivity index (χ4v) is 4.66. The molecule has 4 nitrogen and oxygen atoms in total. The number of carbonyl (C=O) groups excluding carboxylic acids is 1. The third kappa shape index (κ3) is 6.72. The van der Waals surface area contributed by atoms with Gasteiger partial charge in [0.15, 0.2) is 5.78 Å². The number of allylic oxidation sites excluding steroid dienone is 2. The van der Waals surface area contributed by atoms with Crippen molar-refractivity contribution < 1.29 is 18.4 Å². The summed E-state index contributed by atoms with van der Waals surface area (Å²) >= 11 is 0. The van der Waals surface area contributed by atoms with Gasteiger partial charge < -0.3 is 9.05 Å². The average molecular weight is 398 g/mol. The first-order chi connectivity index (χ1) is 13.6. The van der Waals surface area contributed by atoms with Crippen LogP contribution in [0.3, 0.4) is 0 Å². The van der Waals surface area contributed by atoms with Crippen molar-refractivity contribution >= 4 is 25.5 Å². The van der Waals surface area contributed by atoms with Gasteiger partial charge in [0.05, 0.1) is 13.2 Å². The average Bonchev–Trinajstić information content (AvgIpc) is 2.71. The molecule has 0 spiro atoms. The van der Waals surface area contributed by atoms with Gasteiger partial charge in [-0.15, -0.1) is 0 Å². The molecular formula is C23H27O4P. The summed E-state index contributed by atoms with van der Waals surface area (Å²) in [5, 5.41) is 0. The van der Waals surface area contributed by atoms with Crippen LogP contribution in [0.1, 0.15) is 31.4 Å². The van der Waals surface area contributed by atoms with Crippen molar-refractivity contribution in [1.82, 2.24) is 0 Å². The summed E-state index contributed by atoms with van der Waals surface area (Å²) in [6.45, 7) is 3.91. The van der Waals surface area contributed by atoms with E-state index >= 15 is 0 Å². The van der Waals surface area contributed by atoms with E-state index in [0.29, 0.717) is 0 Å². The first-order valence-electron chi connectivity index (χ1n) is 9.46. The fraction of sp³-hybridized carbons (Fsp3) is 0.261. The lowest BCUT2D eigenvalue weighted by atomic mass is 10.1. The lowest BCUT2D eigenvalue weighted by Crippen LogP contribution is -2.21. The van der Waals surface area contributed by atoms with Crippen LogP contribution >= 0.6 is 7.60 Å². The Labute approximate surface area is 167 Å². The smallest absolute Gasteiger partial charge is 0.308 e. The lowest BCUT2D eigenvalue weighted by Gasteiger charge is -2.23. The lowest BCUT2D eigenvalue weighted by molar-refractivity contribution is -0.114. The van der Waals surface area contributed by atoms with Crippen molar-refractivity contribution in [2.24, 2.45) is 0 Å². The van der Waals surface area contributed by atoms with Gasteiger partial charge in [-0.2, -0.15) is 0 Å². The van der Waals surface area contributed by atoms with Gasteiger partial charge in [0.1, 0.15) is 5.66 Å². The Kier molecular flexibility index (Phi) is 9.09. The first kappa shape index (κ1) is 22.0. The minimum absolute atomic E-state index is 0.214. The molecule has 5 heteroatoms. The van der Waals surface area contributed by atoms with E-state index in [-0.39, 0.29) is 25.4 Å². The number of ketones is 1. The van der Waals surface area contributed by atoms with Crippen molar-refractivity contribution in [3.8, 4) is 0 Å². The predicted molar refractivity (Wildman–Crippen MR) is 115 cm³/mol. The number of hydrogen-bond donors (Lipinski definition) is 0. The minimum atomic E-state index is -3.58. The maximum absolute atomic E-state index is 13.3. The molecule has 0 fully saturated rings. The molecule has 0 aliphatic rings. The van der Waals surface area contributed by atoms with E-state index < -0.39 is 13.3 Å². The molecule has 0 bridgehead atoms. The van der Waals surface area contributed by atoms with E-state index in [9.17, 15) is 9.36 Å². The molecule has 28 heavy (non-hydrogen) atoms. The molecule has 2 rings (SSSR count). The summed E-state index contributed by atoms with van der Waals surface area (Å²) in [4.78, 5) is 12.9. The zero-order valence-corrected chi connectivity index (χ0v) is 17.3. The second kappa shape index (κ2) is 11.6. The Morgan fingerprint density at radius 1 is 0.893 bits per heavy atom. The number of rotatable bonds is 11. The molecule has 0 aliphatic carbocycles. The van der Waals surface area contributed by atoms with Crippen LogP contribution in [0, 0.1) is 0 Å². The standard InChI is InChI=1S/C23H27O4P/c1-3-26-28(25,27-4-2)23(17-11-16-20-12-7-5-8-13-20)22(24)19-18-21-14-9-6-10-15-21/h5-16,18-19,23H,3-4,17H2,1-2H3/b16-11+,19-18+. The maximum atomic E-state index is 13.3. The Morgan fingerprint density at radius 2 is 1.39 bits per heavy atom. The van der Waals surface area contributed by atoms with Gasteiger partial charge >= 0.3 is 7.60 Å². The highest BCUT2D eigenvalue weighted by atomic mass is 31.2. The number of hydrogen-bond acceptors (Lipinski definition) is 4. The van der Waals surface area contributed by atoms with Gasteiger partial charge in [0.2, 0.25) is 0 Å². The highest BCUT2D eigenvalue weighted by molar-refractivity contribution is 7.55. The largest absolute Gasteiger partial charge is 0.341 e. The van der Waals surface area contributed by atoms with Gasteiger partial charge in [-0.1, -0.05) is 78.9 Å². The summed E-state index contributed by atoms with van der Waals surface area (Å²) in [5.41, 5.74) is 1.03. The molecule has 1 atom stereocenters. The summed E-state index contributed by atoms with van der Waals surface area (Å²) in [6, 6.07) is 19.3. The molecule has 2 aromatic rings. The Morgan fingerprint density at radius 3 is 1.89 bits per heavy atom. The molecule has 1 unspecified atom stereocenters. The quantitative estimate of drug-likeness (QED) is 0.344. The van der Waals surface area contributed by atoms with Crippen LogP contribution in [0.2, 0.25) is 0 Å². The topological polar surface area (TPSA) is 52.6 Å². The molecule has 0 amide bonds. The second-order valence-electron chi connectivity index (χ2n) is 6.09. The summed E-state index contributed by atoms with van der Waals surface area (Å²) in [5.74, 6) is -0.271. The molecule has 2 aromatic carbocycles. The molecule has 0 aromatic heterocycles. The molecule has 0 heterocycles. The zero-order valence-electron chi connectivity index (χ0n) is 16.4. The Bertz CT molecular complexity index is 818. The van der Waals surface area contributed by atoms with E-state index in [1.807, 2.05) is 72.8 Å². The van der Waals surface area contributed by atoms with Crippen molar-refractivity contribution in [3.05, 3.63) is 83.9 Å². The Balaban J connectivity index is 2.23. The van der Waals surface area contributed by atoms with Gasteiger partial charge in [-0.25, -0.2) is 0 Å². The van der Waals surface area contributed by atoms with E-state index in [1.165, 1.54) is 6.08 Å². The van der Waals surface area contributed by atoms with Crippen LogP contribution in [0.15, 0.2) is 72.8 Å². The summed E-state index contributed by atoms with van der Waals surface area (Å²) in [6.07, 6.45) is 7.20. The van der Waals surface area contributed by atoms with E-state index in [0.717, 1.165) is 11.1 Å². The molecule has 0 radical (unpaired) electrons. The van der Waals surface area contributed by atoms with Gasteiger partial charge in [0.25, 0.3) is 0 Å². The minimum Gasteiger partial charge on any atom is -0.308 e. The van der Waals surface area contributed by atoms with Gasteiger partial charge in [0, 0.05) is 0 Å². The molecule has 0 saturated carbocycles. The van der Waals surface area contributed by atoms with Crippen LogP contribution in [0.5, 0.6) is 0 Å². The Hall–Kier alpha value is -2.26. The SMILES string of the molecule is CCOP(=O)(OCC)C(C/C=C/c1ccccc1)C(=O)/C=C/c1ccccc1. The first-order valence-corrected chi connectivity index (χ1v) is 11.1. The summed E-state index contributed by atoms with van der Waals surface area (Å²) in [7, 11) is -3.58. The molecular weight excluding hydrogens is 371 g/mol. The normalized spacial score (nSPS) is 13.2. The maximum Gasteiger partial charge on any atom is 0.341 e. The number of benzene rings is 2. The highest BCUT2D eigenvalue weighted by Crippen LogP contribution is 2.54. The third-order valence-electron chi connectivity index (χ3n) is 4.04. The predicted octanol–water partition coefficient (Wildman–Crippen LogP) is 6.01. The van der Waals surface area contributed by atoms with Crippen LogP contribution < -0.4 is 0 Å². The zero-order chi connectivity index (χ0) is 20.2. The van der Waals surface area contributed by atoms with E-state index in [2.05, 4.69) is 0 Å². The van der Waals surface area contributed by atoms with Crippen molar-refractivity contribution in [2.75, 3.05) is 13.2 Å². The van der Waals surface area contributed by atoms with Crippen molar-refractivity contribution in [3.63, 3.8) is 0 Å². The third-order valence-corrected chi connectivity index (χ3v) is 6.50. The van der Waals surface area contributed by atoms with Crippen molar-refractivity contribution in [2.45, 2.75) is 25.9 Å². The number of carbonyl (C=O) groups is 1. The molecule has 0 N–H and O–H groups in total. The van der Waals surface area contributed by atoms with Gasteiger partial charge in [-0.05, 0) is 37.5 Å². The van der Waals surface area contributed by atoms with Crippen LogP contribution in [0.25, 0.3) is 12.2 Å². The van der Waals surface area contributed by atoms with Crippen LogP contribution in [0.4, 0.5) is 0 Å². The molecule has 0 saturated heterocycles. The van der Waals surface area contributed by atoms with Gasteiger partial charge in [-0.3, -0.25) is 9.36 Å². The molecule has 148 valence electrons. The van der Waals surface area contributed by atoms with Crippen molar-refractivity contribution in [1.29, 1.82) is 0 Å². The fourth-order valence-electron chi connectivity index (χ4n) is 2.73.